The third kappa shape index (κ3) is 3.37. The molecule has 0 radical (unpaired) electrons. The molecule has 4 nitrogen and oxygen atoms in total. The van der Waals surface area contributed by atoms with Gasteiger partial charge in [-0.1, -0.05) is 18.7 Å². The second-order valence-corrected chi connectivity index (χ2v) is 5.97. The lowest BCUT2D eigenvalue weighted by atomic mass is 10.2. The molecule has 0 spiro atoms. The Morgan fingerprint density at radius 3 is 2.82 bits per heavy atom. The molecule has 2 heterocycles. The van der Waals surface area contributed by atoms with E-state index in [1.807, 2.05) is 11.8 Å². The van der Waals surface area contributed by atoms with Gasteiger partial charge in [-0.15, -0.1) is 0 Å². The summed E-state index contributed by atoms with van der Waals surface area (Å²) < 4.78 is 0. The van der Waals surface area contributed by atoms with Gasteiger partial charge in [0.1, 0.15) is 6.04 Å². The fourth-order valence-electron chi connectivity index (χ4n) is 2.10. The predicted molar refractivity (Wildman–Crippen MR) is 72.3 cm³/mol. The number of nitrogens with one attached hydrogen (secondary N) is 1. The van der Waals surface area contributed by atoms with E-state index in [2.05, 4.69) is 17.2 Å². The molecule has 0 bridgehead atoms. The van der Waals surface area contributed by atoms with Crippen molar-refractivity contribution in [2.45, 2.75) is 32.7 Å². The fraction of sp³-hybridized carbons (Fsp3) is 0.833. The monoisotopic (exact) mass is 255 g/mol. The number of hydrogen-bond donors (Lipinski definition) is 1. The van der Waals surface area contributed by atoms with Crippen molar-refractivity contribution in [2.75, 3.05) is 25.4 Å². The Bertz CT molecular complexity index is 313. The highest BCUT2D eigenvalue weighted by molar-refractivity contribution is 8.13. The van der Waals surface area contributed by atoms with Crippen molar-refractivity contribution in [1.82, 2.24) is 10.2 Å². The summed E-state index contributed by atoms with van der Waals surface area (Å²) in [6.45, 7) is 6.84. The Balaban J connectivity index is 1.83. The summed E-state index contributed by atoms with van der Waals surface area (Å²) in [7, 11) is 0. The first-order valence-electron chi connectivity index (χ1n) is 6.39. The normalized spacial score (nSPS) is 26.6. The van der Waals surface area contributed by atoms with Gasteiger partial charge in [0.2, 0.25) is 5.91 Å². The summed E-state index contributed by atoms with van der Waals surface area (Å²) in [6.07, 6.45) is 2.29. The second kappa shape index (κ2) is 5.76. The van der Waals surface area contributed by atoms with Crippen molar-refractivity contribution in [2.24, 2.45) is 10.9 Å². The van der Waals surface area contributed by atoms with Crippen molar-refractivity contribution < 1.29 is 4.79 Å². The zero-order valence-electron chi connectivity index (χ0n) is 10.6. The number of carbonyl (C=O) groups is 1. The Labute approximate surface area is 107 Å². The molecule has 0 saturated carbocycles. The van der Waals surface area contributed by atoms with Crippen LogP contribution in [0.3, 0.4) is 0 Å². The molecule has 2 aliphatic heterocycles. The number of rotatable bonds is 2. The predicted octanol–water partition coefficient (Wildman–Crippen LogP) is 1.33. The number of likely N-dealkylation sites (tertiary alicyclic amines) is 1. The maximum Gasteiger partial charge on any atom is 0.244 e. The molecular weight excluding hydrogens is 234 g/mol. The molecule has 2 aliphatic rings. The van der Waals surface area contributed by atoms with Crippen LogP contribution in [0.4, 0.5) is 0 Å². The van der Waals surface area contributed by atoms with E-state index in [0.29, 0.717) is 5.92 Å². The van der Waals surface area contributed by atoms with Crippen LogP contribution in [0.15, 0.2) is 4.99 Å². The molecule has 0 aromatic heterocycles. The minimum Gasteiger partial charge on any atom is -0.353 e. The lowest BCUT2D eigenvalue weighted by molar-refractivity contribution is -0.131. The molecule has 96 valence electrons. The van der Waals surface area contributed by atoms with E-state index >= 15 is 0 Å². The molecule has 1 fully saturated rings. The molecular formula is C12H21N3OS. The highest BCUT2D eigenvalue weighted by Crippen LogP contribution is 2.16. The molecule has 1 N–H and O–H groups in total. The van der Waals surface area contributed by atoms with Crippen molar-refractivity contribution in [3.05, 3.63) is 0 Å². The number of carbonyl (C=O) groups excluding carboxylic acids is 1. The van der Waals surface area contributed by atoms with E-state index in [9.17, 15) is 4.79 Å². The molecule has 5 heteroatoms. The third-order valence-corrected chi connectivity index (χ3v) is 4.44. The molecule has 1 saturated heterocycles. The molecule has 0 aromatic carbocycles. The summed E-state index contributed by atoms with van der Waals surface area (Å²) in [5.41, 5.74) is 0. The SMILES string of the molecule is CC1CN=C(NC(C)C(=O)N2CCCC2)SC1. The van der Waals surface area contributed by atoms with Crippen LogP contribution in [0, 0.1) is 5.92 Å². The number of hydrogen-bond acceptors (Lipinski definition) is 4. The van der Waals surface area contributed by atoms with Crippen LogP contribution < -0.4 is 5.32 Å². The molecule has 0 aliphatic carbocycles. The minimum absolute atomic E-state index is 0.146. The summed E-state index contributed by atoms with van der Waals surface area (Å²) >= 11 is 1.73. The Morgan fingerprint density at radius 2 is 2.24 bits per heavy atom. The molecule has 1 amide bonds. The van der Waals surface area contributed by atoms with Crippen molar-refractivity contribution >= 4 is 22.8 Å². The average molecular weight is 255 g/mol. The van der Waals surface area contributed by atoms with Gasteiger partial charge in [-0.2, -0.15) is 0 Å². The summed E-state index contributed by atoms with van der Waals surface area (Å²) in [5.74, 6) is 1.95. The van der Waals surface area contributed by atoms with E-state index in [1.165, 1.54) is 0 Å². The number of thioether (sulfide) groups is 1. The van der Waals surface area contributed by atoms with Crippen molar-refractivity contribution in [3.8, 4) is 0 Å². The number of nitrogens with zero attached hydrogens (tertiary/aromatic N) is 2. The average Bonchev–Trinajstić information content (AvgIpc) is 2.84. The summed E-state index contributed by atoms with van der Waals surface area (Å²) in [4.78, 5) is 18.5. The maximum absolute atomic E-state index is 12.1. The van der Waals surface area contributed by atoms with Gasteiger partial charge in [0.15, 0.2) is 5.17 Å². The van der Waals surface area contributed by atoms with Gasteiger partial charge in [0.05, 0.1) is 0 Å². The molecule has 2 rings (SSSR count). The first-order valence-corrected chi connectivity index (χ1v) is 7.38. The molecule has 17 heavy (non-hydrogen) atoms. The van der Waals surface area contributed by atoms with Crippen molar-refractivity contribution in [3.63, 3.8) is 0 Å². The maximum atomic E-state index is 12.1. The first-order chi connectivity index (χ1) is 8.16. The zero-order chi connectivity index (χ0) is 12.3. The van der Waals surface area contributed by atoms with Crippen LogP contribution in [0.25, 0.3) is 0 Å². The number of amidine groups is 1. The van der Waals surface area contributed by atoms with Crippen molar-refractivity contribution in [1.29, 1.82) is 0 Å². The van der Waals surface area contributed by atoms with E-state index in [1.54, 1.807) is 11.8 Å². The van der Waals surface area contributed by atoms with Crippen LogP contribution in [0.5, 0.6) is 0 Å². The van der Waals surface area contributed by atoms with Crippen LogP contribution in [-0.2, 0) is 4.79 Å². The van der Waals surface area contributed by atoms with Gasteiger partial charge < -0.3 is 10.2 Å². The zero-order valence-corrected chi connectivity index (χ0v) is 11.4. The van der Waals surface area contributed by atoms with Gasteiger partial charge in [-0.05, 0) is 25.7 Å². The topological polar surface area (TPSA) is 44.7 Å². The summed E-state index contributed by atoms with van der Waals surface area (Å²) in [6, 6.07) is -0.146. The summed E-state index contributed by atoms with van der Waals surface area (Å²) in [5, 5.41) is 4.17. The van der Waals surface area contributed by atoms with Gasteiger partial charge in [0.25, 0.3) is 0 Å². The van der Waals surface area contributed by atoms with Crippen LogP contribution in [0.2, 0.25) is 0 Å². The molecule has 2 atom stereocenters. The Kier molecular flexibility index (Phi) is 4.31. The number of aliphatic imine (C=N–C) groups is 1. The van der Waals surface area contributed by atoms with Crippen LogP contribution in [0.1, 0.15) is 26.7 Å². The first kappa shape index (κ1) is 12.7. The van der Waals surface area contributed by atoms with E-state index < -0.39 is 0 Å². The third-order valence-electron chi connectivity index (χ3n) is 3.18. The minimum atomic E-state index is -0.146. The lowest BCUT2D eigenvalue weighted by Crippen LogP contribution is -2.45. The lowest BCUT2D eigenvalue weighted by Gasteiger charge is -2.24. The van der Waals surface area contributed by atoms with Crippen LogP contribution >= 0.6 is 11.8 Å². The smallest absolute Gasteiger partial charge is 0.244 e. The van der Waals surface area contributed by atoms with Crippen LogP contribution in [-0.4, -0.2) is 47.4 Å². The largest absolute Gasteiger partial charge is 0.353 e. The standard InChI is InChI=1S/C12H21N3OS/c1-9-7-13-12(17-8-9)14-10(2)11(16)15-5-3-4-6-15/h9-10H,3-8H2,1-2H3,(H,13,14). The van der Waals surface area contributed by atoms with Gasteiger partial charge in [-0.25, -0.2) is 0 Å². The Hall–Kier alpha value is -0.710. The highest BCUT2D eigenvalue weighted by atomic mass is 32.2. The fourth-order valence-corrected chi connectivity index (χ4v) is 3.08. The van der Waals surface area contributed by atoms with Gasteiger partial charge in [0, 0.05) is 25.4 Å². The quantitative estimate of drug-likeness (QED) is 0.809. The van der Waals surface area contributed by atoms with Gasteiger partial charge >= 0.3 is 0 Å². The van der Waals surface area contributed by atoms with E-state index in [4.69, 9.17) is 0 Å². The van der Waals surface area contributed by atoms with E-state index in [0.717, 1.165) is 43.4 Å². The Morgan fingerprint density at radius 1 is 1.53 bits per heavy atom. The molecule has 0 aromatic rings. The number of amides is 1. The highest BCUT2D eigenvalue weighted by Gasteiger charge is 2.24. The van der Waals surface area contributed by atoms with E-state index in [-0.39, 0.29) is 11.9 Å². The van der Waals surface area contributed by atoms with Gasteiger partial charge in [-0.3, -0.25) is 9.79 Å². The molecule has 2 unspecified atom stereocenters. The second-order valence-electron chi connectivity index (χ2n) is 4.96.